The van der Waals surface area contributed by atoms with Crippen molar-refractivity contribution in [3.8, 4) is 0 Å². The summed E-state index contributed by atoms with van der Waals surface area (Å²) in [7, 11) is 0. The first kappa shape index (κ1) is 36.5. The van der Waals surface area contributed by atoms with Crippen molar-refractivity contribution in [3.63, 3.8) is 0 Å². The minimum absolute atomic E-state index is 0.0902. The minimum Gasteiger partial charge on any atom is -0.382 e. The number of rotatable bonds is 24. The number of imidazole rings is 1. The van der Waals surface area contributed by atoms with Gasteiger partial charge in [0.25, 0.3) is 5.91 Å². The van der Waals surface area contributed by atoms with Gasteiger partial charge in [0.1, 0.15) is 5.52 Å². The molecule has 1 aromatic carbocycles. The number of hydrogen-bond donors (Lipinski definition) is 6. The molecule has 0 saturated heterocycles. The number of nitrogens with one attached hydrogen (secondary N) is 5. The Kier molecular flexibility index (Phi) is 16.7. The molecule has 254 valence electrons. The molecule has 0 bridgehead atoms. The molecule has 0 radical (unpaired) electrons. The van der Waals surface area contributed by atoms with Crippen LogP contribution in [-0.2, 0) is 11.3 Å². The van der Waals surface area contributed by atoms with E-state index in [1.165, 1.54) is 68.8 Å². The molecule has 12 nitrogen and oxygen atoms in total. The predicted molar refractivity (Wildman–Crippen MR) is 186 cm³/mol. The highest BCUT2D eigenvalue weighted by Crippen LogP contribution is 2.18. The average molecular weight is 638 g/mol. The number of carbonyl (C=O) groups is 2. The molecule has 0 aliphatic rings. The summed E-state index contributed by atoms with van der Waals surface area (Å²) >= 11 is 0. The van der Waals surface area contributed by atoms with Gasteiger partial charge in [-0.05, 0) is 50.0 Å². The van der Waals surface area contributed by atoms with Crippen molar-refractivity contribution in [2.45, 2.75) is 104 Å². The molecule has 12 heteroatoms. The van der Waals surface area contributed by atoms with Crippen molar-refractivity contribution >= 4 is 34.7 Å². The van der Waals surface area contributed by atoms with Crippen molar-refractivity contribution in [1.82, 2.24) is 35.5 Å². The lowest BCUT2D eigenvalue weighted by Crippen LogP contribution is -2.37. The Morgan fingerprint density at radius 1 is 0.783 bits per heavy atom. The molecule has 0 saturated carbocycles. The first-order valence-corrected chi connectivity index (χ1v) is 17.3. The monoisotopic (exact) mass is 637 g/mol. The van der Waals surface area contributed by atoms with Gasteiger partial charge in [-0.1, -0.05) is 90.2 Å². The molecule has 2 heterocycles. The molecule has 0 fully saturated rings. The van der Waals surface area contributed by atoms with E-state index in [1.54, 1.807) is 24.3 Å². The molecule has 0 aliphatic carbocycles. The van der Waals surface area contributed by atoms with Gasteiger partial charge in [0, 0.05) is 18.7 Å². The fraction of sp³-hybridized carbons (Fsp3) is 0.618. The summed E-state index contributed by atoms with van der Waals surface area (Å²) in [5.41, 5.74) is 7.75. The van der Waals surface area contributed by atoms with E-state index < -0.39 is 0 Å². The van der Waals surface area contributed by atoms with E-state index in [-0.39, 0.29) is 36.4 Å². The number of benzene rings is 1. The molecule has 0 aliphatic heterocycles. The number of H-pyrrole nitrogens is 1. The number of nitrogen functional groups attached to an aromatic ring is 1. The third-order valence-electron chi connectivity index (χ3n) is 7.99. The number of fused-ring (bicyclic) bond motifs is 1. The van der Waals surface area contributed by atoms with E-state index in [0.717, 1.165) is 37.9 Å². The standard InChI is InChI=1S/C34H55N9O3/c1-3-5-7-8-9-10-11-12-13-14-20-36-21-15-23-37-28(44)24-39-32(45)27-18-16-26(17-19-27)25-43-31-29(40-34(43)46)30(35)41-33(42-31)38-22-6-4-2/h16-19,36H,3-15,20-25H2,1-2H3,(H,37,44)(H,39,45)(H,40,46)(H3,35,38,41,42). The molecule has 2 amide bonds. The van der Waals surface area contributed by atoms with Gasteiger partial charge in [-0.15, -0.1) is 0 Å². The summed E-state index contributed by atoms with van der Waals surface area (Å²) in [5.74, 6) is 0.0151. The zero-order chi connectivity index (χ0) is 33.0. The molecule has 3 rings (SSSR count). The molecule has 2 aromatic heterocycles. The number of hydrogen-bond acceptors (Lipinski definition) is 8. The normalized spacial score (nSPS) is 11.2. The smallest absolute Gasteiger partial charge is 0.328 e. The Bertz CT molecular complexity index is 1390. The number of amides is 2. The Morgan fingerprint density at radius 2 is 1.43 bits per heavy atom. The van der Waals surface area contributed by atoms with Crippen LogP contribution >= 0.6 is 0 Å². The van der Waals surface area contributed by atoms with Gasteiger partial charge in [0.05, 0.1) is 13.1 Å². The van der Waals surface area contributed by atoms with E-state index in [4.69, 9.17) is 5.73 Å². The Labute approximate surface area is 273 Å². The van der Waals surface area contributed by atoms with Crippen molar-refractivity contribution in [2.75, 3.05) is 43.8 Å². The molecular formula is C34H55N9O3. The third-order valence-corrected chi connectivity index (χ3v) is 7.99. The first-order chi connectivity index (χ1) is 22.4. The Hall–Kier alpha value is -3.93. The maximum atomic E-state index is 12.7. The van der Waals surface area contributed by atoms with Crippen LogP contribution in [0.5, 0.6) is 0 Å². The van der Waals surface area contributed by atoms with Crippen molar-refractivity contribution in [3.05, 3.63) is 45.9 Å². The molecule has 0 atom stereocenters. The number of aromatic amines is 1. The van der Waals surface area contributed by atoms with Gasteiger partial charge in [-0.3, -0.25) is 14.2 Å². The van der Waals surface area contributed by atoms with E-state index in [9.17, 15) is 14.4 Å². The maximum Gasteiger partial charge on any atom is 0.328 e. The molecule has 0 spiro atoms. The second-order valence-electron chi connectivity index (χ2n) is 11.9. The average Bonchev–Trinajstić information content (AvgIpc) is 3.37. The van der Waals surface area contributed by atoms with Crippen molar-refractivity contribution in [1.29, 1.82) is 0 Å². The summed E-state index contributed by atoms with van der Waals surface area (Å²) in [4.78, 5) is 48.9. The Balaban J connectivity index is 1.30. The lowest BCUT2D eigenvalue weighted by Gasteiger charge is -2.09. The number of anilines is 2. The minimum atomic E-state index is -0.348. The van der Waals surface area contributed by atoms with E-state index >= 15 is 0 Å². The summed E-state index contributed by atoms with van der Waals surface area (Å²) < 4.78 is 1.49. The van der Waals surface area contributed by atoms with Gasteiger partial charge in [0.2, 0.25) is 11.9 Å². The zero-order valence-electron chi connectivity index (χ0n) is 27.9. The van der Waals surface area contributed by atoms with Crippen LogP contribution in [0.25, 0.3) is 11.2 Å². The highest BCUT2D eigenvalue weighted by Gasteiger charge is 2.15. The number of nitrogens with two attached hydrogens (primary N) is 1. The summed E-state index contributed by atoms with van der Waals surface area (Å²) in [6.45, 7) is 7.64. The highest BCUT2D eigenvalue weighted by molar-refractivity contribution is 5.96. The second-order valence-corrected chi connectivity index (χ2v) is 11.9. The quantitative estimate of drug-likeness (QED) is 0.0767. The van der Waals surface area contributed by atoms with Crippen LogP contribution in [0, 0.1) is 0 Å². The third kappa shape index (κ3) is 12.8. The molecule has 3 aromatic rings. The Morgan fingerprint density at radius 3 is 2.13 bits per heavy atom. The van der Waals surface area contributed by atoms with Crippen LogP contribution < -0.4 is 32.7 Å². The SMILES string of the molecule is CCCCCCCCCCCCNCCCNC(=O)CNC(=O)c1ccc(Cn2c(=O)[nH]c3c(N)nc(NCCCC)nc32)cc1. The van der Waals surface area contributed by atoms with Gasteiger partial charge >= 0.3 is 5.69 Å². The summed E-state index contributed by atoms with van der Waals surface area (Å²) in [6, 6.07) is 6.88. The molecular weight excluding hydrogens is 582 g/mol. The zero-order valence-corrected chi connectivity index (χ0v) is 27.9. The summed E-state index contributed by atoms with van der Waals surface area (Å²) in [6.07, 6.45) is 16.2. The van der Waals surface area contributed by atoms with Crippen LogP contribution in [0.15, 0.2) is 29.1 Å². The maximum absolute atomic E-state index is 12.7. The fourth-order valence-corrected chi connectivity index (χ4v) is 5.23. The van der Waals surface area contributed by atoms with Gasteiger partial charge in [0.15, 0.2) is 11.5 Å². The number of aromatic nitrogens is 4. The molecule has 7 N–H and O–H groups in total. The predicted octanol–water partition coefficient (Wildman–Crippen LogP) is 4.71. The highest BCUT2D eigenvalue weighted by atomic mass is 16.2. The second kappa shape index (κ2) is 21.0. The van der Waals surface area contributed by atoms with E-state index in [0.29, 0.717) is 35.8 Å². The lowest BCUT2D eigenvalue weighted by atomic mass is 10.1. The van der Waals surface area contributed by atoms with Crippen LogP contribution in [-0.4, -0.2) is 64.1 Å². The topological polar surface area (TPSA) is 172 Å². The van der Waals surface area contributed by atoms with Crippen molar-refractivity contribution in [2.24, 2.45) is 0 Å². The lowest BCUT2D eigenvalue weighted by molar-refractivity contribution is -0.120. The van der Waals surface area contributed by atoms with Gasteiger partial charge in [-0.2, -0.15) is 9.97 Å². The number of carbonyl (C=O) groups excluding carboxylic acids is 2. The van der Waals surface area contributed by atoms with Gasteiger partial charge in [-0.25, -0.2) is 4.79 Å². The van der Waals surface area contributed by atoms with E-state index in [1.807, 2.05) is 0 Å². The fourth-order valence-electron chi connectivity index (χ4n) is 5.23. The van der Waals surface area contributed by atoms with Crippen LogP contribution in [0.2, 0.25) is 0 Å². The van der Waals surface area contributed by atoms with Crippen molar-refractivity contribution < 1.29 is 9.59 Å². The van der Waals surface area contributed by atoms with Crippen LogP contribution in [0.1, 0.15) is 113 Å². The number of unbranched alkanes of at least 4 members (excludes halogenated alkanes) is 10. The van der Waals surface area contributed by atoms with Crippen LogP contribution in [0.3, 0.4) is 0 Å². The largest absolute Gasteiger partial charge is 0.382 e. The molecule has 46 heavy (non-hydrogen) atoms. The first-order valence-electron chi connectivity index (χ1n) is 17.3. The van der Waals surface area contributed by atoms with Gasteiger partial charge < -0.3 is 32.0 Å². The number of nitrogens with zero attached hydrogens (tertiary/aromatic N) is 3. The molecule has 0 unspecified atom stereocenters. The van der Waals surface area contributed by atoms with Crippen LogP contribution in [0.4, 0.5) is 11.8 Å². The summed E-state index contributed by atoms with van der Waals surface area (Å²) in [5, 5.41) is 12.1. The van der Waals surface area contributed by atoms with E-state index in [2.05, 4.69) is 50.1 Å².